The predicted molar refractivity (Wildman–Crippen MR) is 54.0 cm³/mol. The Balaban J connectivity index is 3.77. The van der Waals surface area contributed by atoms with Gasteiger partial charge in [-0.2, -0.15) is 0 Å². The molecule has 0 bridgehead atoms. The maximum Gasteiger partial charge on any atom is 0.328 e. The van der Waals surface area contributed by atoms with Gasteiger partial charge in [0.15, 0.2) is 0 Å². The molecule has 0 spiro atoms. The third kappa shape index (κ3) is 9.21. The Morgan fingerprint density at radius 3 is 2.50 bits per heavy atom. The first-order chi connectivity index (χ1) is 6.31. The lowest BCUT2D eigenvalue weighted by atomic mass is 10.4. The highest BCUT2D eigenvalue weighted by Gasteiger charge is 2.03. The smallest absolute Gasteiger partial charge is 0.328 e. The molecular formula is C8H15NO4S. The molecule has 0 atom stereocenters. The van der Waals surface area contributed by atoms with Gasteiger partial charge in [0, 0.05) is 25.4 Å². The number of sulfone groups is 1. The average molecular weight is 221 g/mol. The zero-order valence-corrected chi connectivity index (χ0v) is 9.12. The van der Waals surface area contributed by atoms with E-state index in [4.69, 9.17) is 5.11 Å². The van der Waals surface area contributed by atoms with Gasteiger partial charge in [0.25, 0.3) is 0 Å². The maximum absolute atomic E-state index is 10.8. The predicted octanol–water partition coefficient (Wildman–Crippen LogP) is -0.396. The quantitative estimate of drug-likeness (QED) is 0.618. The fraction of sp³-hybridized carbons (Fsp3) is 0.625. The summed E-state index contributed by atoms with van der Waals surface area (Å²) in [5, 5.41) is 8.28. The second-order valence-electron chi connectivity index (χ2n) is 3.13. The van der Waals surface area contributed by atoms with Gasteiger partial charge in [0.05, 0.1) is 5.75 Å². The fourth-order valence-electron chi connectivity index (χ4n) is 0.746. The molecule has 0 unspecified atom stereocenters. The van der Waals surface area contributed by atoms with Crippen molar-refractivity contribution in [1.82, 2.24) is 4.90 Å². The lowest BCUT2D eigenvalue weighted by Gasteiger charge is -2.12. The van der Waals surface area contributed by atoms with E-state index in [1.165, 1.54) is 12.3 Å². The van der Waals surface area contributed by atoms with Gasteiger partial charge in [-0.05, 0) is 7.05 Å². The highest BCUT2D eigenvalue weighted by atomic mass is 32.2. The summed E-state index contributed by atoms with van der Waals surface area (Å²) in [4.78, 5) is 11.8. The molecule has 0 aromatic carbocycles. The summed E-state index contributed by atoms with van der Waals surface area (Å²) in [6.07, 6.45) is 3.69. The average Bonchev–Trinajstić information content (AvgIpc) is 1.99. The molecule has 0 aliphatic carbocycles. The molecule has 5 nitrogen and oxygen atoms in total. The third-order valence-corrected chi connectivity index (χ3v) is 2.45. The summed E-state index contributed by atoms with van der Waals surface area (Å²) >= 11 is 0. The van der Waals surface area contributed by atoms with Crippen molar-refractivity contribution in [2.24, 2.45) is 0 Å². The van der Waals surface area contributed by atoms with Crippen molar-refractivity contribution in [3.63, 3.8) is 0 Å². The van der Waals surface area contributed by atoms with Crippen molar-refractivity contribution in [2.45, 2.75) is 0 Å². The summed E-state index contributed by atoms with van der Waals surface area (Å²) in [7, 11) is -1.21. The number of rotatable bonds is 6. The van der Waals surface area contributed by atoms with Gasteiger partial charge in [0.1, 0.15) is 9.84 Å². The van der Waals surface area contributed by atoms with Crippen LogP contribution in [-0.2, 0) is 14.6 Å². The topological polar surface area (TPSA) is 74.7 Å². The van der Waals surface area contributed by atoms with Crippen LogP contribution in [0.25, 0.3) is 0 Å². The van der Waals surface area contributed by atoms with Crippen LogP contribution in [0.1, 0.15) is 0 Å². The van der Waals surface area contributed by atoms with Crippen molar-refractivity contribution in [1.29, 1.82) is 0 Å². The van der Waals surface area contributed by atoms with E-state index in [0.29, 0.717) is 13.1 Å². The van der Waals surface area contributed by atoms with Crippen LogP contribution in [0.5, 0.6) is 0 Å². The van der Waals surface area contributed by atoms with Gasteiger partial charge in [-0.1, -0.05) is 6.08 Å². The Labute approximate surface area is 83.9 Å². The van der Waals surface area contributed by atoms with E-state index < -0.39 is 15.8 Å². The lowest BCUT2D eigenvalue weighted by Crippen LogP contribution is -2.25. The summed E-state index contributed by atoms with van der Waals surface area (Å²) in [5.74, 6) is -0.911. The molecule has 0 radical (unpaired) electrons. The van der Waals surface area contributed by atoms with Crippen LogP contribution >= 0.6 is 0 Å². The summed E-state index contributed by atoms with van der Waals surface area (Å²) in [6.45, 7) is 0.838. The Kier molecular flexibility index (Phi) is 5.40. The Hall–Kier alpha value is -0.880. The number of hydrogen-bond acceptors (Lipinski definition) is 4. The molecule has 0 aromatic rings. The number of likely N-dealkylation sites (N-methyl/N-ethyl adjacent to an activating group) is 1. The first kappa shape index (κ1) is 13.1. The van der Waals surface area contributed by atoms with Crippen LogP contribution in [0, 0.1) is 0 Å². The molecule has 0 saturated heterocycles. The van der Waals surface area contributed by atoms with E-state index in [0.717, 1.165) is 6.08 Å². The molecule has 0 fully saturated rings. The van der Waals surface area contributed by atoms with Crippen molar-refractivity contribution < 1.29 is 18.3 Å². The van der Waals surface area contributed by atoms with Crippen LogP contribution in [0.4, 0.5) is 0 Å². The van der Waals surface area contributed by atoms with Crippen molar-refractivity contribution >= 4 is 15.8 Å². The molecule has 0 saturated carbocycles. The minimum Gasteiger partial charge on any atom is -0.478 e. The highest BCUT2D eigenvalue weighted by molar-refractivity contribution is 7.90. The van der Waals surface area contributed by atoms with Gasteiger partial charge in [0.2, 0.25) is 0 Å². The van der Waals surface area contributed by atoms with Gasteiger partial charge in [-0.15, -0.1) is 0 Å². The van der Waals surface area contributed by atoms with Crippen LogP contribution in [0.2, 0.25) is 0 Å². The number of nitrogens with zero attached hydrogens (tertiary/aromatic N) is 1. The number of carbonyl (C=O) groups is 1. The summed E-state index contributed by atoms with van der Waals surface area (Å²) < 4.78 is 21.6. The van der Waals surface area contributed by atoms with E-state index in [1.54, 1.807) is 11.9 Å². The summed E-state index contributed by atoms with van der Waals surface area (Å²) in [5.41, 5.74) is 0. The number of aliphatic carboxylic acids is 1. The number of carboxylic acids is 1. The maximum atomic E-state index is 10.8. The van der Waals surface area contributed by atoms with Crippen LogP contribution in [0.15, 0.2) is 12.2 Å². The van der Waals surface area contributed by atoms with Gasteiger partial charge < -0.3 is 10.0 Å². The monoisotopic (exact) mass is 221 g/mol. The van der Waals surface area contributed by atoms with E-state index in [9.17, 15) is 13.2 Å². The van der Waals surface area contributed by atoms with E-state index >= 15 is 0 Å². The molecule has 0 amide bonds. The van der Waals surface area contributed by atoms with Crippen molar-refractivity contribution in [3.05, 3.63) is 12.2 Å². The van der Waals surface area contributed by atoms with Crippen molar-refractivity contribution in [3.8, 4) is 0 Å². The second kappa shape index (κ2) is 5.77. The van der Waals surface area contributed by atoms with Gasteiger partial charge in [-0.25, -0.2) is 13.2 Å². The molecular weight excluding hydrogens is 206 g/mol. The van der Waals surface area contributed by atoms with Gasteiger partial charge >= 0.3 is 5.97 Å². The highest BCUT2D eigenvalue weighted by Crippen LogP contribution is 1.88. The van der Waals surface area contributed by atoms with E-state index in [1.807, 2.05) is 0 Å². The standard InChI is InChI=1S/C8H15NO4S/c1-9(5-3-4-8(10)11)6-7-14(2,12)13/h3-4H,5-7H2,1-2H3,(H,10,11)/b4-3+. The molecule has 0 aliphatic heterocycles. The largest absolute Gasteiger partial charge is 0.478 e. The van der Waals surface area contributed by atoms with Crippen LogP contribution in [-0.4, -0.2) is 56.5 Å². The van der Waals surface area contributed by atoms with Gasteiger partial charge in [-0.3, -0.25) is 0 Å². The molecule has 82 valence electrons. The molecule has 0 aromatic heterocycles. The van der Waals surface area contributed by atoms with Crippen LogP contribution < -0.4 is 0 Å². The number of carboxylic acid groups (broad SMARTS) is 1. The molecule has 0 rings (SSSR count). The minimum atomic E-state index is -2.94. The van der Waals surface area contributed by atoms with E-state index in [2.05, 4.69) is 0 Å². The van der Waals surface area contributed by atoms with Crippen molar-refractivity contribution in [2.75, 3.05) is 32.1 Å². The SMILES string of the molecule is CN(C/C=C/C(=O)O)CCS(C)(=O)=O. The first-order valence-electron chi connectivity index (χ1n) is 4.07. The number of hydrogen-bond donors (Lipinski definition) is 1. The normalized spacial score (nSPS) is 12.5. The first-order valence-corrected chi connectivity index (χ1v) is 6.13. The molecule has 1 N–H and O–H groups in total. The second-order valence-corrected chi connectivity index (χ2v) is 5.39. The summed E-state index contributed by atoms with van der Waals surface area (Å²) in [6, 6.07) is 0. The molecule has 14 heavy (non-hydrogen) atoms. The molecule has 0 aliphatic rings. The fourth-order valence-corrected chi connectivity index (χ4v) is 1.39. The zero-order valence-electron chi connectivity index (χ0n) is 8.30. The Bertz CT molecular complexity index is 307. The lowest BCUT2D eigenvalue weighted by molar-refractivity contribution is -0.131. The molecule has 0 heterocycles. The molecule has 6 heteroatoms. The van der Waals surface area contributed by atoms with E-state index in [-0.39, 0.29) is 5.75 Å². The Morgan fingerprint density at radius 2 is 2.07 bits per heavy atom. The van der Waals surface area contributed by atoms with Crippen LogP contribution in [0.3, 0.4) is 0 Å². The Morgan fingerprint density at radius 1 is 1.50 bits per heavy atom. The minimum absolute atomic E-state index is 0.0877. The third-order valence-electron chi connectivity index (χ3n) is 1.52. The zero-order chi connectivity index (χ0) is 11.2.